The Hall–Kier alpha value is -1.23. The molecule has 0 spiro atoms. The van der Waals surface area contributed by atoms with Crippen LogP contribution in [0.25, 0.3) is 0 Å². The number of amidine groups is 1. The zero-order chi connectivity index (χ0) is 13.1. The van der Waals surface area contributed by atoms with Gasteiger partial charge in [0.05, 0.1) is 0 Å². The van der Waals surface area contributed by atoms with E-state index >= 15 is 0 Å². The first-order valence-corrected chi connectivity index (χ1v) is 6.15. The Bertz CT molecular complexity index is 431. The van der Waals surface area contributed by atoms with Crippen LogP contribution in [0.5, 0.6) is 5.75 Å². The standard InChI is InChI=1S/C12H17BrN2O2/c1-4-12(2,3)17-8-5-6-9(10(13)7-8)11(14)15-16/h5-7,16H,4H2,1-3H3,(H2,14,15). The van der Waals surface area contributed by atoms with Gasteiger partial charge >= 0.3 is 0 Å². The number of benzene rings is 1. The lowest BCUT2D eigenvalue weighted by atomic mass is 10.1. The summed E-state index contributed by atoms with van der Waals surface area (Å²) < 4.78 is 6.56. The van der Waals surface area contributed by atoms with E-state index in [-0.39, 0.29) is 11.4 Å². The predicted molar refractivity (Wildman–Crippen MR) is 71.7 cm³/mol. The molecule has 0 amide bonds. The largest absolute Gasteiger partial charge is 0.488 e. The Balaban J connectivity index is 2.97. The molecule has 0 bridgehead atoms. The number of hydrogen-bond donors (Lipinski definition) is 2. The third-order valence-corrected chi connectivity index (χ3v) is 3.23. The fraction of sp³-hybridized carbons (Fsp3) is 0.417. The van der Waals surface area contributed by atoms with Gasteiger partial charge in [0.25, 0.3) is 0 Å². The van der Waals surface area contributed by atoms with Crippen molar-refractivity contribution in [3.8, 4) is 5.75 Å². The summed E-state index contributed by atoms with van der Waals surface area (Å²) in [7, 11) is 0. The van der Waals surface area contributed by atoms with E-state index in [2.05, 4.69) is 28.0 Å². The van der Waals surface area contributed by atoms with E-state index < -0.39 is 0 Å². The molecular formula is C12H17BrN2O2. The third kappa shape index (κ3) is 3.63. The third-order valence-electron chi connectivity index (χ3n) is 2.57. The van der Waals surface area contributed by atoms with Crippen molar-refractivity contribution in [1.29, 1.82) is 0 Å². The maximum absolute atomic E-state index is 8.62. The summed E-state index contributed by atoms with van der Waals surface area (Å²) in [4.78, 5) is 0. The summed E-state index contributed by atoms with van der Waals surface area (Å²) in [6.07, 6.45) is 0.909. The smallest absolute Gasteiger partial charge is 0.171 e. The Labute approximate surface area is 110 Å². The highest BCUT2D eigenvalue weighted by atomic mass is 79.9. The fourth-order valence-electron chi connectivity index (χ4n) is 1.21. The molecule has 0 saturated carbocycles. The molecular weight excluding hydrogens is 284 g/mol. The van der Waals surface area contributed by atoms with Crippen molar-refractivity contribution in [1.82, 2.24) is 0 Å². The first kappa shape index (κ1) is 13.8. The molecule has 0 saturated heterocycles. The van der Waals surface area contributed by atoms with Gasteiger partial charge in [-0.25, -0.2) is 0 Å². The average molecular weight is 301 g/mol. The van der Waals surface area contributed by atoms with Crippen molar-refractivity contribution in [3.05, 3.63) is 28.2 Å². The SMILES string of the molecule is CCC(C)(C)Oc1ccc(/C(N)=N/O)c(Br)c1. The van der Waals surface area contributed by atoms with Crippen molar-refractivity contribution >= 4 is 21.8 Å². The average Bonchev–Trinajstić information content (AvgIpc) is 2.28. The second kappa shape index (κ2) is 5.40. The Morgan fingerprint density at radius 1 is 1.53 bits per heavy atom. The summed E-state index contributed by atoms with van der Waals surface area (Å²) >= 11 is 3.37. The fourth-order valence-corrected chi connectivity index (χ4v) is 1.77. The number of nitrogens with zero attached hydrogens (tertiary/aromatic N) is 1. The van der Waals surface area contributed by atoms with E-state index in [0.29, 0.717) is 5.56 Å². The molecule has 0 atom stereocenters. The van der Waals surface area contributed by atoms with Gasteiger partial charge in [0.1, 0.15) is 11.4 Å². The predicted octanol–water partition coefficient (Wildman–Crippen LogP) is 3.11. The van der Waals surface area contributed by atoms with Crippen LogP contribution in [0.1, 0.15) is 32.8 Å². The molecule has 0 fully saturated rings. The highest BCUT2D eigenvalue weighted by Gasteiger charge is 2.17. The minimum absolute atomic E-state index is 0.0678. The summed E-state index contributed by atoms with van der Waals surface area (Å²) in [5.41, 5.74) is 5.95. The van der Waals surface area contributed by atoms with E-state index in [1.807, 2.05) is 19.9 Å². The van der Waals surface area contributed by atoms with Gasteiger partial charge in [0.2, 0.25) is 0 Å². The molecule has 3 N–H and O–H groups in total. The van der Waals surface area contributed by atoms with E-state index in [0.717, 1.165) is 16.6 Å². The van der Waals surface area contributed by atoms with Gasteiger partial charge in [0.15, 0.2) is 5.84 Å². The molecule has 0 aliphatic rings. The van der Waals surface area contributed by atoms with Crippen LogP contribution in [0, 0.1) is 0 Å². The number of oxime groups is 1. The molecule has 1 aromatic rings. The van der Waals surface area contributed by atoms with Crippen molar-refractivity contribution < 1.29 is 9.94 Å². The van der Waals surface area contributed by atoms with Crippen molar-refractivity contribution in [2.45, 2.75) is 32.8 Å². The zero-order valence-electron chi connectivity index (χ0n) is 10.2. The molecule has 17 heavy (non-hydrogen) atoms. The van der Waals surface area contributed by atoms with Gasteiger partial charge in [-0.1, -0.05) is 12.1 Å². The molecule has 5 heteroatoms. The molecule has 0 aromatic heterocycles. The van der Waals surface area contributed by atoms with Gasteiger partial charge < -0.3 is 15.7 Å². The molecule has 1 rings (SSSR count). The van der Waals surface area contributed by atoms with Crippen LogP contribution < -0.4 is 10.5 Å². The van der Waals surface area contributed by atoms with Gasteiger partial charge in [-0.15, -0.1) is 0 Å². The molecule has 0 aliphatic carbocycles. The number of ether oxygens (including phenoxy) is 1. The van der Waals surface area contributed by atoms with Crippen molar-refractivity contribution in [3.63, 3.8) is 0 Å². The first-order valence-electron chi connectivity index (χ1n) is 5.36. The topological polar surface area (TPSA) is 67.8 Å². The molecule has 0 radical (unpaired) electrons. The maximum Gasteiger partial charge on any atom is 0.171 e. The molecule has 0 unspecified atom stereocenters. The second-order valence-electron chi connectivity index (χ2n) is 4.34. The molecule has 0 heterocycles. The monoisotopic (exact) mass is 300 g/mol. The van der Waals surface area contributed by atoms with E-state index in [9.17, 15) is 0 Å². The van der Waals surface area contributed by atoms with E-state index in [1.54, 1.807) is 12.1 Å². The zero-order valence-corrected chi connectivity index (χ0v) is 11.8. The van der Waals surface area contributed by atoms with Crippen LogP contribution in [-0.4, -0.2) is 16.6 Å². The van der Waals surface area contributed by atoms with Crippen LogP contribution in [0.15, 0.2) is 27.8 Å². The molecule has 4 nitrogen and oxygen atoms in total. The van der Waals surface area contributed by atoms with E-state index in [4.69, 9.17) is 15.7 Å². The number of hydrogen-bond acceptors (Lipinski definition) is 3. The summed E-state index contributed by atoms with van der Waals surface area (Å²) in [5, 5.41) is 11.6. The van der Waals surface area contributed by atoms with Gasteiger partial charge in [0, 0.05) is 10.0 Å². The van der Waals surface area contributed by atoms with Gasteiger partial charge in [-0.05, 0) is 54.4 Å². The minimum atomic E-state index is -0.211. The first-order chi connectivity index (χ1) is 7.89. The van der Waals surface area contributed by atoms with Crippen LogP contribution in [-0.2, 0) is 0 Å². The Morgan fingerprint density at radius 2 is 2.18 bits per heavy atom. The van der Waals surface area contributed by atoms with Crippen LogP contribution in [0.4, 0.5) is 0 Å². The summed E-state index contributed by atoms with van der Waals surface area (Å²) in [5.74, 6) is 0.816. The van der Waals surface area contributed by atoms with Crippen LogP contribution in [0.3, 0.4) is 0 Å². The van der Waals surface area contributed by atoms with Crippen LogP contribution in [0.2, 0.25) is 0 Å². The molecule has 1 aromatic carbocycles. The minimum Gasteiger partial charge on any atom is -0.488 e. The van der Waals surface area contributed by atoms with Gasteiger partial charge in [-0.2, -0.15) is 0 Å². The highest BCUT2D eigenvalue weighted by Crippen LogP contribution is 2.26. The number of halogens is 1. The Kier molecular flexibility index (Phi) is 4.40. The second-order valence-corrected chi connectivity index (χ2v) is 5.20. The molecule has 0 aliphatic heterocycles. The highest BCUT2D eigenvalue weighted by molar-refractivity contribution is 9.10. The van der Waals surface area contributed by atoms with Crippen molar-refractivity contribution in [2.75, 3.05) is 0 Å². The quantitative estimate of drug-likeness (QED) is 0.388. The number of nitrogens with two attached hydrogens (primary N) is 1. The van der Waals surface area contributed by atoms with Crippen molar-refractivity contribution in [2.24, 2.45) is 10.9 Å². The van der Waals surface area contributed by atoms with Crippen LogP contribution >= 0.6 is 15.9 Å². The lowest BCUT2D eigenvalue weighted by Crippen LogP contribution is -2.26. The summed E-state index contributed by atoms with van der Waals surface area (Å²) in [6.45, 7) is 6.12. The summed E-state index contributed by atoms with van der Waals surface area (Å²) in [6, 6.07) is 5.36. The van der Waals surface area contributed by atoms with Gasteiger partial charge in [-0.3, -0.25) is 0 Å². The molecule has 94 valence electrons. The number of rotatable bonds is 4. The lowest BCUT2D eigenvalue weighted by molar-refractivity contribution is 0.105. The lowest BCUT2D eigenvalue weighted by Gasteiger charge is -2.25. The Morgan fingerprint density at radius 3 is 2.65 bits per heavy atom. The van der Waals surface area contributed by atoms with E-state index in [1.165, 1.54) is 0 Å². The maximum atomic E-state index is 8.62. The normalized spacial score (nSPS) is 12.6.